The molecule has 2 aromatic rings. The van der Waals surface area contributed by atoms with Gasteiger partial charge in [0.05, 0.1) is 7.11 Å². The maximum absolute atomic E-state index is 14.4. The Labute approximate surface area is 242 Å². The van der Waals surface area contributed by atoms with Gasteiger partial charge in [-0.2, -0.15) is 0 Å². The molecule has 2 aromatic carbocycles. The Balaban J connectivity index is 2.60. The van der Waals surface area contributed by atoms with Gasteiger partial charge in [-0.3, -0.25) is 14.4 Å². The number of ether oxygens (including phenoxy) is 2. The Morgan fingerprint density at radius 3 is 2.29 bits per heavy atom. The number of carbonyl (C=O) groups excluding carboxylic acids is 4. The number of carbonyl (C=O) groups is 4. The Morgan fingerprint density at radius 2 is 1.68 bits per heavy atom. The molecule has 2 atom stereocenters. The molecule has 0 bridgehead atoms. The fraction of sp³-hybridized carbons (Fsp3) is 0.484. The number of aryl methyl sites for hydroxylation is 1. The van der Waals surface area contributed by atoms with E-state index in [0.717, 1.165) is 18.4 Å². The average Bonchev–Trinajstić information content (AvgIpc) is 2.92. The summed E-state index contributed by atoms with van der Waals surface area (Å²) in [5.41, 5.74) is 0.713. The average molecular weight is 570 g/mol. The van der Waals surface area contributed by atoms with Gasteiger partial charge in [0.1, 0.15) is 30.0 Å². The maximum Gasteiger partial charge on any atom is 0.408 e. The molecular formula is C31H43N3O7. The van der Waals surface area contributed by atoms with Crippen LogP contribution in [0.2, 0.25) is 0 Å². The van der Waals surface area contributed by atoms with Gasteiger partial charge in [-0.15, -0.1) is 0 Å². The molecule has 0 heterocycles. The van der Waals surface area contributed by atoms with Gasteiger partial charge in [-0.1, -0.05) is 68.3 Å². The highest BCUT2D eigenvalue weighted by molar-refractivity contribution is 5.93. The molecule has 0 aromatic heterocycles. The maximum atomic E-state index is 14.4. The second-order valence-electron chi connectivity index (χ2n) is 10.8. The molecule has 10 nitrogen and oxygen atoms in total. The molecule has 0 aliphatic carbocycles. The summed E-state index contributed by atoms with van der Waals surface area (Å²) in [6.45, 7) is 8.62. The smallest absolute Gasteiger partial charge is 0.408 e. The van der Waals surface area contributed by atoms with Crippen molar-refractivity contribution in [2.75, 3.05) is 20.2 Å². The standard InChI is InChI=1S/C31H43N3O7/c1-7-8-12-18-34(26(28(37)32-20-25(35)40-6)23-17-13-14-21(2)27(23)36)29(38)24(19-22-15-10-9-11-16-22)33-30(39)41-31(3,4)5/h9-11,13-17,24,26,36H,7-8,12,18-20H2,1-6H3,(H,32,37)(H,33,39). The number of nitrogens with one attached hydrogen (secondary N) is 2. The number of phenolic OH excluding ortho intramolecular Hbond substituents is 1. The SMILES string of the molecule is CCCCCN(C(=O)C(Cc1ccccc1)NC(=O)OC(C)(C)C)C(C(=O)NCC(=O)OC)c1cccc(C)c1O. The van der Waals surface area contributed by atoms with Crippen molar-refractivity contribution in [3.05, 3.63) is 65.2 Å². The van der Waals surface area contributed by atoms with Crippen molar-refractivity contribution >= 4 is 23.9 Å². The molecular weight excluding hydrogens is 526 g/mol. The normalized spacial score (nSPS) is 12.5. The van der Waals surface area contributed by atoms with E-state index < -0.39 is 48.1 Å². The lowest BCUT2D eigenvalue weighted by molar-refractivity contribution is -0.144. The fourth-order valence-corrected chi connectivity index (χ4v) is 4.28. The molecule has 0 aliphatic heterocycles. The molecule has 3 N–H and O–H groups in total. The van der Waals surface area contributed by atoms with Crippen molar-refractivity contribution in [1.82, 2.24) is 15.5 Å². The van der Waals surface area contributed by atoms with E-state index in [1.165, 1.54) is 12.0 Å². The molecule has 0 saturated carbocycles. The summed E-state index contributed by atoms with van der Waals surface area (Å²) < 4.78 is 10.1. The lowest BCUT2D eigenvalue weighted by Gasteiger charge is -2.35. The molecule has 3 amide bonds. The summed E-state index contributed by atoms with van der Waals surface area (Å²) >= 11 is 0. The monoisotopic (exact) mass is 569 g/mol. The van der Waals surface area contributed by atoms with E-state index in [0.29, 0.717) is 12.0 Å². The number of amides is 3. The highest BCUT2D eigenvalue weighted by atomic mass is 16.6. The van der Waals surface area contributed by atoms with E-state index >= 15 is 0 Å². The first-order valence-electron chi connectivity index (χ1n) is 13.8. The zero-order valence-corrected chi connectivity index (χ0v) is 24.9. The van der Waals surface area contributed by atoms with E-state index in [4.69, 9.17) is 4.74 Å². The van der Waals surface area contributed by atoms with E-state index in [1.807, 2.05) is 37.3 Å². The largest absolute Gasteiger partial charge is 0.507 e. The van der Waals surface area contributed by atoms with Crippen molar-refractivity contribution in [1.29, 1.82) is 0 Å². The Kier molecular flexibility index (Phi) is 12.6. The minimum absolute atomic E-state index is 0.138. The van der Waals surface area contributed by atoms with Crippen LogP contribution < -0.4 is 10.6 Å². The predicted octanol–water partition coefficient (Wildman–Crippen LogP) is 4.19. The van der Waals surface area contributed by atoms with Crippen LogP contribution in [0.25, 0.3) is 0 Å². The first kappa shape index (κ1) is 33.1. The molecule has 2 rings (SSSR count). The summed E-state index contributed by atoms with van der Waals surface area (Å²) in [6.07, 6.45) is 1.58. The molecule has 0 spiro atoms. The summed E-state index contributed by atoms with van der Waals surface area (Å²) in [4.78, 5) is 54.1. The number of para-hydroxylation sites is 1. The summed E-state index contributed by atoms with van der Waals surface area (Å²) in [5, 5.41) is 16.2. The number of hydrogen-bond acceptors (Lipinski definition) is 7. The second kappa shape index (κ2) is 15.6. The Bertz CT molecular complexity index is 1180. The molecule has 0 radical (unpaired) electrons. The Morgan fingerprint density at radius 1 is 1.00 bits per heavy atom. The molecule has 41 heavy (non-hydrogen) atoms. The van der Waals surface area contributed by atoms with Crippen LogP contribution in [-0.2, 0) is 30.3 Å². The quantitative estimate of drug-likeness (QED) is 0.243. The third-order valence-electron chi connectivity index (χ3n) is 6.32. The van der Waals surface area contributed by atoms with Crippen LogP contribution in [0.3, 0.4) is 0 Å². The van der Waals surface area contributed by atoms with Crippen LogP contribution >= 0.6 is 0 Å². The van der Waals surface area contributed by atoms with Crippen molar-refractivity contribution in [2.45, 2.75) is 78.0 Å². The number of methoxy groups -OCH3 is 1. The zero-order valence-electron chi connectivity index (χ0n) is 24.9. The van der Waals surface area contributed by atoms with Crippen LogP contribution in [0.1, 0.15) is 69.7 Å². The van der Waals surface area contributed by atoms with Gasteiger partial charge in [0.15, 0.2) is 0 Å². The van der Waals surface area contributed by atoms with Crippen LogP contribution in [0.5, 0.6) is 5.75 Å². The van der Waals surface area contributed by atoms with E-state index in [9.17, 15) is 24.3 Å². The van der Waals surface area contributed by atoms with E-state index in [2.05, 4.69) is 15.4 Å². The lowest BCUT2D eigenvalue weighted by atomic mass is 9.97. The van der Waals surface area contributed by atoms with Gasteiger partial charge in [0.2, 0.25) is 11.8 Å². The van der Waals surface area contributed by atoms with E-state index in [1.54, 1.807) is 45.9 Å². The third-order valence-corrected chi connectivity index (χ3v) is 6.32. The number of alkyl carbamates (subject to hydrolysis) is 1. The molecule has 0 saturated heterocycles. The van der Waals surface area contributed by atoms with E-state index in [-0.39, 0.29) is 24.3 Å². The summed E-state index contributed by atoms with van der Waals surface area (Å²) in [6, 6.07) is 11.7. The predicted molar refractivity (Wildman–Crippen MR) is 155 cm³/mol. The first-order valence-corrected chi connectivity index (χ1v) is 13.8. The van der Waals surface area contributed by atoms with Gasteiger partial charge in [-0.25, -0.2) is 4.79 Å². The number of aromatic hydroxyl groups is 1. The highest BCUT2D eigenvalue weighted by Crippen LogP contribution is 2.32. The van der Waals surface area contributed by atoms with Crippen LogP contribution in [-0.4, -0.2) is 65.7 Å². The minimum atomic E-state index is -1.29. The second-order valence-corrected chi connectivity index (χ2v) is 10.8. The van der Waals surface area contributed by atoms with Gasteiger partial charge < -0.3 is 30.1 Å². The summed E-state index contributed by atoms with van der Waals surface area (Å²) in [5.74, 6) is -2.01. The number of nitrogens with zero attached hydrogens (tertiary/aromatic N) is 1. The van der Waals surface area contributed by atoms with Crippen molar-refractivity contribution in [3.8, 4) is 5.75 Å². The van der Waals surface area contributed by atoms with Gasteiger partial charge in [0.25, 0.3) is 0 Å². The lowest BCUT2D eigenvalue weighted by Crippen LogP contribution is -2.54. The summed E-state index contributed by atoms with van der Waals surface area (Å²) in [7, 11) is 1.20. The molecule has 0 fully saturated rings. The van der Waals surface area contributed by atoms with Gasteiger partial charge in [-0.05, 0) is 45.2 Å². The number of rotatable bonds is 13. The van der Waals surface area contributed by atoms with Crippen molar-refractivity contribution in [3.63, 3.8) is 0 Å². The van der Waals surface area contributed by atoms with Crippen LogP contribution in [0.4, 0.5) is 4.79 Å². The molecule has 0 aliphatic rings. The molecule has 10 heteroatoms. The molecule has 2 unspecified atom stereocenters. The van der Waals surface area contributed by atoms with Crippen molar-refractivity contribution < 1.29 is 33.8 Å². The fourth-order valence-electron chi connectivity index (χ4n) is 4.28. The number of unbranched alkanes of at least 4 members (excludes halogenated alkanes) is 2. The van der Waals surface area contributed by atoms with Gasteiger partial charge >= 0.3 is 12.1 Å². The minimum Gasteiger partial charge on any atom is -0.507 e. The number of esters is 1. The number of benzene rings is 2. The third kappa shape index (κ3) is 10.4. The Hall–Kier alpha value is -4.08. The van der Waals surface area contributed by atoms with Crippen LogP contribution in [0, 0.1) is 6.92 Å². The van der Waals surface area contributed by atoms with Crippen molar-refractivity contribution in [2.24, 2.45) is 0 Å². The van der Waals surface area contributed by atoms with Crippen LogP contribution in [0.15, 0.2) is 48.5 Å². The highest BCUT2D eigenvalue weighted by Gasteiger charge is 2.37. The molecule has 224 valence electrons. The topological polar surface area (TPSA) is 134 Å². The zero-order chi connectivity index (χ0) is 30.6. The number of phenols is 1. The number of hydrogen-bond donors (Lipinski definition) is 3. The first-order chi connectivity index (χ1) is 19.4. The van der Waals surface area contributed by atoms with Gasteiger partial charge in [0, 0.05) is 18.5 Å².